The third kappa shape index (κ3) is 2.37. The van der Waals surface area contributed by atoms with Crippen molar-refractivity contribution in [1.82, 2.24) is 0 Å². The van der Waals surface area contributed by atoms with E-state index in [1.807, 2.05) is 18.2 Å². The summed E-state index contributed by atoms with van der Waals surface area (Å²) < 4.78 is 14.2. The van der Waals surface area contributed by atoms with Crippen molar-refractivity contribution in [3.05, 3.63) is 57.4 Å². The van der Waals surface area contributed by atoms with E-state index in [-0.39, 0.29) is 5.82 Å². The summed E-state index contributed by atoms with van der Waals surface area (Å²) >= 11 is 2.28. The number of benzene rings is 2. The highest BCUT2D eigenvalue weighted by molar-refractivity contribution is 14.1. The minimum absolute atomic E-state index is 0.191. The third-order valence-electron chi connectivity index (χ3n) is 2.26. The molecule has 0 saturated carbocycles. The maximum atomic E-state index is 13.1. The van der Waals surface area contributed by atoms with E-state index in [0.29, 0.717) is 0 Å². The van der Waals surface area contributed by atoms with Crippen LogP contribution in [0.15, 0.2) is 42.5 Å². The fraction of sp³-hybridized carbons (Fsp3) is 0.0769. The van der Waals surface area contributed by atoms with Crippen molar-refractivity contribution in [2.24, 2.45) is 0 Å². The molecule has 2 heteroatoms. The zero-order chi connectivity index (χ0) is 10.8. The van der Waals surface area contributed by atoms with E-state index in [1.54, 1.807) is 12.1 Å². The molecule has 0 unspecified atom stereocenters. The first-order chi connectivity index (χ1) is 7.16. The van der Waals surface area contributed by atoms with Gasteiger partial charge in [0.1, 0.15) is 5.82 Å². The fourth-order valence-corrected chi connectivity index (χ4v) is 2.49. The average Bonchev–Trinajstić information content (AvgIpc) is 2.17. The van der Waals surface area contributed by atoms with E-state index in [4.69, 9.17) is 0 Å². The van der Waals surface area contributed by atoms with Gasteiger partial charge >= 0.3 is 0 Å². The molecule has 0 saturated heterocycles. The first-order valence-corrected chi connectivity index (χ1v) is 5.77. The van der Waals surface area contributed by atoms with Gasteiger partial charge in [-0.3, -0.25) is 0 Å². The summed E-state index contributed by atoms with van der Waals surface area (Å²) in [5, 5.41) is 0. The van der Waals surface area contributed by atoms with Crippen molar-refractivity contribution in [3.8, 4) is 11.1 Å². The molecular weight excluding hydrogens is 302 g/mol. The molecule has 0 radical (unpaired) electrons. The van der Waals surface area contributed by atoms with E-state index < -0.39 is 0 Å². The lowest BCUT2D eigenvalue weighted by molar-refractivity contribution is 0.628. The van der Waals surface area contributed by atoms with Crippen LogP contribution in [0, 0.1) is 16.3 Å². The molecule has 0 spiro atoms. The number of rotatable bonds is 1. The SMILES string of the molecule is Cc1ccc(-c2cccc(F)c2)c(I)c1. The van der Waals surface area contributed by atoms with E-state index in [2.05, 4.69) is 35.6 Å². The van der Waals surface area contributed by atoms with E-state index in [0.717, 1.165) is 14.7 Å². The predicted octanol–water partition coefficient (Wildman–Crippen LogP) is 4.41. The van der Waals surface area contributed by atoms with Gasteiger partial charge in [0.2, 0.25) is 0 Å². The van der Waals surface area contributed by atoms with Gasteiger partial charge in [-0.2, -0.15) is 0 Å². The first kappa shape index (κ1) is 10.6. The summed E-state index contributed by atoms with van der Waals surface area (Å²) in [4.78, 5) is 0. The molecule has 0 aromatic heterocycles. The highest BCUT2D eigenvalue weighted by atomic mass is 127. The molecule has 0 N–H and O–H groups in total. The Balaban J connectivity index is 2.54. The number of halogens is 2. The van der Waals surface area contributed by atoms with Crippen molar-refractivity contribution in [2.45, 2.75) is 6.92 Å². The van der Waals surface area contributed by atoms with Gasteiger partial charge in [0, 0.05) is 3.57 Å². The third-order valence-corrected chi connectivity index (χ3v) is 3.15. The molecule has 15 heavy (non-hydrogen) atoms. The molecule has 0 fully saturated rings. The summed E-state index contributed by atoms with van der Waals surface area (Å²) in [5.74, 6) is -0.191. The molecule has 0 aliphatic heterocycles. The lowest BCUT2D eigenvalue weighted by atomic mass is 10.0. The zero-order valence-corrected chi connectivity index (χ0v) is 10.5. The standard InChI is InChI=1S/C13H10FI/c1-9-5-6-12(13(15)7-9)10-3-2-4-11(14)8-10/h2-8H,1H3. The summed E-state index contributed by atoms with van der Waals surface area (Å²) in [6.07, 6.45) is 0. The molecule has 0 aliphatic carbocycles. The van der Waals surface area contributed by atoms with Crippen LogP contribution >= 0.6 is 22.6 Å². The molecule has 2 aromatic carbocycles. The van der Waals surface area contributed by atoms with Gasteiger partial charge in [0.15, 0.2) is 0 Å². The topological polar surface area (TPSA) is 0 Å². The second-order valence-electron chi connectivity index (χ2n) is 3.49. The van der Waals surface area contributed by atoms with Gasteiger partial charge in [-0.1, -0.05) is 29.8 Å². The Kier molecular flexibility index (Phi) is 3.05. The van der Waals surface area contributed by atoms with Gasteiger partial charge in [0.05, 0.1) is 0 Å². The fourth-order valence-electron chi connectivity index (χ4n) is 1.51. The average molecular weight is 312 g/mol. The molecule has 2 aromatic rings. The van der Waals surface area contributed by atoms with Crippen molar-refractivity contribution in [1.29, 1.82) is 0 Å². The van der Waals surface area contributed by atoms with Crippen LogP contribution in [0.5, 0.6) is 0 Å². The van der Waals surface area contributed by atoms with Crippen molar-refractivity contribution in [3.63, 3.8) is 0 Å². The van der Waals surface area contributed by atoms with Crippen molar-refractivity contribution >= 4 is 22.6 Å². The molecular formula is C13H10FI. The smallest absolute Gasteiger partial charge is 0.123 e. The largest absolute Gasteiger partial charge is 0.207 e. The molecule has 0 bridgehead atoms. The molecule has 0 nitrogen and oxygen atoms in total. The molecule has 0 atom stereocenters. The van der Waals surface area contributed by atoms with Crippen LogP contribution in [-0.2, 0) is 0 Å². The van der Waals surface area contributed by atoms with Crippen LogP contribution in [0.3, 0.4) is 0 Å². The Bertz CT molecular complexity index is 492. The number of hydrogen-bond acceptors (Lipinski definition) is 0. The summed E-state index contributed by atoms with van der Waals surface area (Å²) in [7, 11) is 0. The Hall–Kier alpha value is -0.900. The monoisotopic (exact) mass is 312 g/mol. The van der Waals surface area contributed by atoms with Crippen LogP contribution in [-0.4, -0.2) is 0 Å². The highest BCUT2D eigenvalue weighted by Crippen LogP contribution is 2.26. The Labute approximate surface area is 102 Å². The molecule has 76 valence electrons. The highest BCUT2D eigenvalue weighted by Gasteiger charge is 2.03. The van der Waals surface area contributed by atoms with E-state index in [9.17, 15) is 4.39 Å². The van der Waals surface area contributed by atoms with Gasteiger partial charge in [0.25, 0.3) is 0 Å². The molecule has 0 heterocycles. The van der Waals surface area contributed by atoms with E-state index in [1.165, 1.54) is 11.6 Å². The normalized spacial score (nSPS) is 10.3. The predicted molar refractivity (Wildman–Crippen MR) is 69.3 cm³/mol. The number of aryl methyl sites for hydroxylation is 1. The second kappa shape index (κ2) is 4.31. The van der Waals surface area contributed by atoms with Crippen LogP contribution in [0.2, 0.25) is 0 Å². The summed E-state index contributed by atoms with van der Waals surface area (Å²) in [6.45, 7) is 2.05. The lowest BCUT2D eigenvalue weighted by Crippen LogP contribution is -1.85. The van der Waals surface area contributed by atoms with Crippen LogP contribution in [0.25, 0.3) is 11.1 Å². The minimum Gasteiger partial charge on any atom is -0.207 e. The van der Waals surface area contributed by atoms with Crippen LogP contribution < -0.4 is 0 Å². The van der Waals surface area contributed by atoms with Gasteiger partial charge in [-0.15, -0.1) is 0 Å². The maximum Gasteiger partial charge on any atom is 0.123 e. The Morgan fingerprint density at radius 1 is 1.07 bits per heavy atom. The number of hydrogen-bond donors (Lipinski definition) is 0. The minimum atomic E-state index is -0.191. The quantitative estimate of drug-likeness (QED) is 0.685. The van der Waals surface area contributed by atoms with Gasteiger partial charge < -0.3 is 0 Å². The lowest BCUT2D eigenvalue weighted by Gasteiger charge is -2.05. The van der Waals surface area contributed by atoms with Crippen LogP contribution in [0.4, 0.5) is 4.39 Å². The van der Waals surface area contributed by atoms with E-state index >= 15 is 0 Å². The Morgan fingerprint density at radius 2 is 1.87 bits per heavy atom. The first-order valence-electron chi connectivity index (χ1n) is 4.69. The molecule has 0 aliphatic rings. The second-order valence-corrected chi connectivity index (χ2v) is 4.66. The molecule has 2 rings (SSSR count). The molecule has 0 amide bonds. The van der Waals surface area contributed by atoms with Gasteiger partial charge in [-0.25, -0.2) is 4.39 Å². The summed E-state index contributed by atoms with van der Waals surface area (Å²) in [6, 6.07) is 12.9. The zero-order valence-electron chi connectivity index (χ0n) is 8.30. The summed E-state index contributed by atoms with van der Waals surface area (Å²) in [5.41, 5.74) is 3.24. The van der Waals surface area contributed by atoms with Crippen molar-refractivity contribution < 1.29 is 4.39 Å². The Morgan fingerprint density at radius 3 is 2.53 bits per heavy atom. The van der Waals surface area contributed by atoms with Crippen LogP contribution in [0.1, 0.15) is 5.56 Å². The maximum absolute atomic E-state index is 13.1. The van der Waals surface area contributed by atoms with Gasteiger partial charge in [-0.05, 0) is 58.8 Å². The van der Waals surface area contributed by atoms with Crippen molar-refractivity contribution in [2.75, 3.05) is 0 Å².